The highest BCUT2D eigenvalue weighted by Gasteiger charge is 2.24. The van der Waals surface area contributed by atoms with Crippen molar-refractivity contribution in [2.45, 2.75) is 12.1 Å². The second kappa shape index (κ2) is 7.90. The molecule has 2 rings (SSSR count). The Hall–Kier alpha value is -2.44. The monoisotopic (exact) mass is 332 g/mol. The van der Waals surface area contributed by atoms with Crippen molar-refractivity contribution >= 4 is 0 Å². The molecular formula is C18H24N2O4. The summed E-state index contributed by atoms with van der Waals surface area (Å²) in [5.41, 5.74) is 14.4. The molecule has 0 aliphatic rings. The molecule has 24 heavy (non-hydrogen) atoms. The van der Waals surface area contributed by atoms with Gasteiger partial charge < -0.3 is 30.4 Å². The average molecular weight is 332 g/mol. The smallest absolute Gasteiger partial charge is 0.123 e. The Morgan fingerprint density at radius 2 is 1.00 bits per heavy atom. The summed E-state index contributed by atoms with van der Waals surface area (Å²) in [5.74, 6) is 2.68. The van der Waals surface area contributed by atoms with E-state index in [1.165, 1.54) is 0 Å². The zero-order valence-electron chi connectivity index (χ0n) is 14.4. The molecule has 0 saturated carbocycles. The van der Waals surface area contributed by atoms with Gasteiger partial charge in [-0.3, -0.25) is 0 Å². The Morgan fingerprint density at radius 3 is 1.29 bits per heavy atom. The lowest BCUT2D eigenvalue weighted by molar-refractivity contribution is 0.382. The first-order chi connectivity index (χ1) is 11.5. The molecule has 0 heterocycles. The van der Waals surface area contributed by atoms with Crippen LogP contribution in [-0.2, 0) is 0 Å². The summed E-state index contributed by atoms with van der Waals surface area (Å²) in [6, 6.07) is 9.87. The van der Waals surface area contributed by atoms with Crippen LogP contribution >= 0.6 is 0 Å². The van der Waals surface area contributed by atoms with Crippen molar-refractivity contribution < 1.29 is 18.9 Å². The third kappa shape index (κ3) is 3.55. The van der Waals surface area contributed by atoms with E-state index in [-0.39, 0.29) is 0 Å². The molecule has 6 heteroatoms. The lowest BCUT2D eigenvalue weighted by atomic mass is 9.93. The van der Waals surface area contributed by atoms with Crippen molar-refractivity contribution in [3.63, 3.8) is 0 Å². The Labute approximate surface area is 142 Å². The fourth-order valence-electron chi connectivity index (χ4n) is 2.59. The van der Waals surface area contributed by atoms with Gasteiger partial charge in [-0.1, -0.05) is 0 Å². The third-order valence-corrected chi connectivity index (χ3v) is 3.98. The van der Waals surface area contributed by atoms with Crippen LogP contribution in [0.1, 0.15) is 23.2 Å². The van der Waals surface area contributed by atoms with E-state index in [2.05, 4.69) is 0 Å². The molecular weight excluding hydrogens is 308 g/mol. The van der Waals surface area contributed by atoms with Gasteiger partial charge in [0.05, 0.1) is 40.5 Å². The van der Waals surface area contributed by atoms with Crippen molar-refractivity contribution in [1.82, 2.24) is 0 Å². The maximum Gasteiger partial charge on any atom is 0.123 e. The van der Waals surface area contributed by atoms with Crippen molar-refractivity contribution in [1.29, 1.82) is 0 Å². The molecule has 0 aliphatic carbocycles. The highest BCUT2D eigenvalue weighted by molar-refractivity contribution is 5.47. The summed E-state index contributed by atoms with van der Waals surface area (Å²) in [6.07, 6.45) is 0. The normalized spacial score (nSPS) is 13.1. The van der Waals surface area contributed by atoms with Crippen LogP contribution in [0.15, 0.2) is 36.4 Å². The fraction of sp³-hybridized carbons (Fsp3) is 0.333. The first kappa shape index (κ1) is 17.9. The van der Waals surface area contributed by atoms with Gasteiger partial charge in [0.1, 0.15) is 23.0 Å². The number of hydrogen-bond acceptors (Lipinski definition) is 6. The number of hydrogen-bond donors (Lipinski definition) is 2. The van der Waals surface area contributed by atoms with E-state index in [0.717, 1.165) is 11.1 Å². The minimum Gasteiger partial charge on any atom is -0.497 e. The number of rotatable bonds is 7. The predicted octanol–water partition coefficient (Wildman–Crippen LogP) is 2.42. The van der Waals surface area contributed by atoms with Crippen molar-refractivity contribution in [3.05, 3.63) is 47.5 Å². The van der Waals surface area contributed by atoms with Gasteiger partial charge in [-0.2, -0.15) is 0 Å². The molecule has 0 aliphatic heterocycles. The minimum absolute atomic E-state index is 0.518. The van der Waals surface area contributed by atoms with Gasteiger partial charge in [0, 0.05) is 11.1 Å². The SMILES string of the molecule is COc1ccc(OC)c(C(N)C(N)c2cc(OC)ccc2OC)c1. The Morgan fingerprint density at radius 1 is 0.625 bits per heavy atom. The second-order valence-electron chi connectivity index (χ2n) is 5.27. The first-order valence-corrected chi connectivity index (χ1v) is 7.50. The molecule has 0 bridgehead atoms. The van der Waals surface area contributed by atoms with E-state index in [1.807, 2.05) is 36.4 Å². The molecule has 0 aromatic heterocycles. The van der Waals surface area contributed by atoms with Crippen LogP contribution in [-0.4, -0.2) is 28.4 Å². The molecule has 4 N–H and O–H groups in total. The van der Waals surface area contributed by atoms with Gasteiger partial charge >= 0.3 is 0 Å². The molecule has 0 amide bonds. The van der Waals surface area contributed by atoms with Crippen LogP contribution in [0.5, 0.6) is 23.0 Å². The summed E-state index contributed by atoms with van der Waals surface area (Å²) in [6.45, 7) is 0. The number of benzene rings is 2. The van der Waals surface area contributed by atoms with Gasteiger partial charge in [-0.05, 0) is 36.4 Å². The molecule has 2 aromatic carbocycles. The van der Waals surface area contributed by atoms with Crippen molar-refractivity contribution in [2.24, 2.45) is 11.5 Å². The van der Waals surface area contributed by atoms with E-state index in [1.54, 1.807) is 28.4 Å². The maximum absolute atomic E-state index is 6.43. The van der Waals surface area contributed by atoms with Crippen LogP contribution in [0.3, 0.4) is 0 Å². The molecule has 2 atom stereocenters. The van der Waals surface area contributed by atoms with Crippen LogP contribution in [0.2, 0.25) is 0 Å². The van der Waals surface area contributed by atoms with Gasteiger partial charge in [0.15, 0.2) is 0 Å². The first-order valence-electron chi connectivity index (χ1n) is 7.50. The van der Waals surface area contributed by atoms with E-state index >= 15 is 0 Å². The van der Waals surface area contributed by atoms with E-state index in [9.17, 15) is 0 Å². The number of nitrogens with two attached hydrogens (primary N) is 2. The van der Waals surface area contributed by atoms with Crippen LogP contribution in [0, 0.1) is 0 Å². The topological polar surface area (TPSA) is 89.0 Å². The van der Waals surface area contributed by atoms with E-state index < -0.39 is 12.1 Å². The summed E-state index contributed by atoms with van der Waals surface area (Å²) in [5, 5.41) is 0. The highest BCUT2D eigenvalue weighted by atomic mass is 16.5. The lowest BCUT2D eigenvalue weighted by Crippen LogP contribution is -2.27. The molecule has 0 fully saturated rings. The zero-order chi connectivity index (χ0) is 17.7. The second-order valence-corrected chi connectivity index (χ2v) is 5.27. The average Bonchev–Trinajstić information content (AvgIpc) is 2.65. The summed E-state index contributed by atoms with van der Waals surface area (Å²) in [4.78, 5) is 0. The maximum atomic E-state index is 6.43. The minimum atomic E-state index is -0.518. The quantitative estimate of drug-likeness (QED) is 0.809. The fourth-order valence-corrected chi connectivity index (χ4v) is 2.59. The highest BCUT2D eigenvalue weighted by Crippen LogP contribution is 2.37. The molecule has 6 nitrogen and oxygen atoms in total. The molecule has 0 radical (unpaired) electrons. The molecule has 2 unspecified atom stereocenters. The van der Waals surface area contributed by atoms with Crippen LogP contribution in [0.25, 0.3) is 0 Å². The standard InChI is InChI=1S/C18H24N2O4/c1-21-11-5-7-15(23-3)13(9-11)17(19)18(20)14-10-12(22-2)6-8-16(14)24-4/h5-10,17-18H,19-20H2,1-4H3. The summed E-state index contributed by atoms with van der Waals surface area (Å²) < 4.78 is 21.4. The van der Waals surface area contributed by atoms with Crippen LogP contribution < -0.4 is 30.4 Å². The van der Waals surface area contributed by atoms with Crippen LogP contribution in [0.4, 0.5) is 0 Å². The summed E-state index contributed by atoms with van der Waals surface area (Å²) >= 11 is 0. The molecule has 0 saturated heterocycles. The number of ether oxygens (including phenoxy) is 4. The Bertz CT molecular complexity index is 631. The lowest BCUT2D eigenvalue weighted by Gasteiger charge is -2.24. The van der Waals surface area contributed by atoms with Gasteiger partial charge in [0.25, 0.3) is 0 Å². The van der Waals surface area contributed by atoms with E-state index in [0.29, 0.717) is 23.0 Å². The van der Waals surface area contributed by atoms with E-state index in [4.69, 9.17) is 30.4 Å². The molecule has 2 aromatic rings. The predicted molar refractivity (Wildman–Crippen MR) is 92.9 cm³/mol. The van der Waals surface area contributed by atoms with Gasteiger partial charge in [-0.25, -0.2) is 0 Å². The third-order valence-electron chi connectivity index (χ3n) is 3.98. The van der Waals surface area contributed by atoms with Gasteiger partial charge in [0.2, 0.25) is 0 Å². The Balaban J connectivity index is 2.44. The zero-order valence-corrected chi connectivity index (χ0v) is 14.4. The van der Waals surface area contributed by atoms with Crippen molar-refractivity contribution in [2.75, 3.05) is 28.4 Å². The molecule has 0 spiro atoms. The molecule has 130 valence electrons. The number of methoxy groups -OCH3 is 4. The summed E-state index contributed by atoms with van der Waals surface area (Å²) in [7, 11) is 6.38. The largest absolute Gasteiger partial charge is 0.497 e. The van der Waals surface area contributed by atoms with Crippen molar-refractivity contribution in [3.8, 4) is 23.0 Å². The Kier molecular flexibility index (Phi) is 5.89. The van der Waals surface area contributed by atoms with Gasteiger partial charge in [-0.15, -0.1) is 0 Å².